The van der Waals surface area contributed by atoms with Crippen LogP contribution in [0.4, 0.5) is 0 Å². The van der Waals surface area contributed by atoms with E-state index in [0.717, 1.165) is 15.9 Å². The molecule has 0 bridgehead atoms. The molecule has 0 fully saturated rings. The molecule has 0 N–H and O–H groups in total. The number of rotatable bonds is 6. The number of halogens is 2. The van der Waals surface area contributed by atoms with Crippen molar-refractivity contribution in [2.75, 3.05) is 0 Å². The summed E-state index contributed by atoms with van der Waals surface area (Å²) < 4.78 is 0. The molecule has 1 atom stereocenters. The SMILES string of the molecule is CCC(C)c1cccc2[cH-]c(C(C)C)cc12.CCc1cc2c(-c3ccc(C(C)C)cc3)cccc2[cH-]1.C[Si]C.[Cl][Zr+2][Cl]. The van der Waals surface area contributed by atoms with Crippen molar-refractivity contribution >= 4 is 48.1 Å². The van der Waals surface area contributed by atoms with Crippen LogP contribution >= 0.6 is 17.0 Å². The molecule has 0 saturated carbocycles. The van der Waals surface area contributed by atoms with Gasteiger partial charge in [0.2, 0.25) is 0 Å². The molecule has 5 aromatic carbocycles. The molecule has 1 unspecified atom stereocenters. The van der Waals surface area contributed by atoms with Gasteiger partial charge in [0, 0.05) is 9.52 Å². The van der Waals surface area contributed by atoms with Gasteiger partial charge in [0.05, 0.1) is 0 Å². The first-order valence-electron chi connectivity index (χ1n) is 15.2. The van der Waals surface area contributed by atoms with Crippen LogP contribution in [0.15, 0.2) is 84.9 Å². The second-order valence-corrected chi connectivity index (χ2v) is 16.2. The van der Waals surface area contributed by atoms with Crippen molar-refractivity contribution in [3.05, 3.63) is 107 Å². The first kappa shape index (κ1) is 36.8. The van der Waals surface area contributed by atoms with Crippen molar-refractivity contribution in [2.24, 2.45) is 0 Å². The second-order valence-electron chi connectivity index (χ2n) is 11.5. The molecule has 5 rings (SSSR count). The molecule has 0 saturated heterocycles. The Balaban J connectivity index is 0.000000252. The molecule has 0 aliphatic heterocycles. The zero-order valence-electron chi connectivity index (χ0n) is 27.0. The van der Waals surface area contributed by atoms with Gasteiger partial charge in [-0.3, -0.25) is 0 Å². The summed E-state index contributed by atoms with van der Waals surface area (Å²) in [5, 5.41) is 5.59. The number of fused-ring (bicyclic) bond motifs is 2. The quantitative estimate of drug-likeness (QED) is 0.123. The Hall–Kier alpha value is -1.44. The van der Waals surface area contributed by atoms with Crippen LogP contribution in [-0.4, -0.2) is 9.52 Å². The number of hydrogen-bond donors (Lipinski definition) is 0. The van der Waals surface area contributed by atoms with E-state index in [4.69, 9.17) is 17.0 Å². The molecular formula is C38H48Cl2SiZr. The Morgan fingerprint density at radius 2 is 1.31 bits per heavy atom. The fourth-order valence-electron chi connectivity index (χ4n) is 5.07. The van der Waals surface area contributed by atoms with Gasteiger partial charge in [0.25, 0.3) is 0 Å². The Morgan fingerprint density at radius 3 is 1.83 bits per heavy atom. The predicted octanol–water partition coefficient (Wildman–Crippen LogP) is 13.3. The predicted molar refractivity (Wildman–Crippen MR) is 190 cm³/mol. The normalized spacial score (nSPS) is 11.3. The first-order chi connectivity index (χ1) is 20.1. The summed E-state index contributed by atoms with van der Waals surface area (Å²) in [6.07, 6.45) is 2.31. The van der Waals surface area contributed by atoms with E-state index < -0.39 is 20.8 Å². The van der Waals surface area contributed by atoms with Crippen molar-refractivity contribution in [3.63, 3.8) is 0 Å². The Labute approximate surface area is 277 Å². The molecule has 0 aliphatic carbocycles. The van der Waals surface area contributed by atoms with Gasteiger partial charge in [-0.25, -0.2) is 0 Å². The molecule has 222 valence electrons. The van der Waals surface area contributed by atoms with Crippen LogP contribution in [-0.2, 0) is 27.3 Å². The number of benzene rings is 3. The molecule has 0 aliphatic rings. The van der Waals surface area contributed by atoms with Gasteiger partial charge in [-0.2, -0.15) is 12.1 Å². The van der Waals surface area contributed by atoms with Crippen molar-refractivity contribution in [2.45, 2.75) is 92.2 Å². The average Bonchev–Trinajstić information content (AvgIpc) is 3.62. The Morgan fingerprint density at radius 1 is 0.738 bits per heavy atom. The Bertz CT molecular complexity index is 1460. The molecule has 0 aromatic heterocycles. The fourth-order valence-corrected chi connectivity index (χ4v) is 5.07. The van der Waals surface area contributed by atoms with Crippen molar-refractivity contribution < 1.29 is 20.8 Å². The third-order valence-corrected chi connectivity index (χ3v) is 7.72. The molecule has 0 nitrogen and oxygen atoms in total. The van der Waals surface area contributed by atoms with E-state index in [-0.39, 0.29) is 0 Å². The van der Waals surface area contributed by atoms with E-state index in [9.17, 15) is 0 Å². The van der Waals surface area contributed by atoms with E-state index in [1.807, 2.05) is 0 Å². The molecule has 4 heteroatoms. The van der Waals surface area contributed by atoms with Crippen molar-refractivity contribution in [3.8, 4) is 11.1 Å². The topological polar surface area (TPSA) is 0 Å². The Kier molecular flexibility index (Phi) is 16.7. The summed E-state index contributed by atoms with van der Waals surface area (Å²) in [4.78, 5) is 0. The number of aryl methyl sites for hydroxylation is 1. The molecule has 0 amide bonds. The van der Waals surface area contributed by atoms with Crippen LogP contribution in [0, 0.1) is 0 Å². The van der Waals surface area contributed by atoms with Gasteiger partial charge in [-0.1, -0.05) is 116 Å². The van der Waals surface area contributed by atoms with Gasteiger partial charge in [-0.05, 0) is 35.3 Å². The number of hydrogen-bond acceptors (Lipinski definition) is 0. The minimum atomic E-state index is -0.826. The summed E-state index contributed by atoms with van der Waals surface area (Å²) in [6, 6.07) is 31.7. The van der Waals surface area contributed by atoms with Gasteiger partial charge in [0.1, 0.15) is 0 Å². The molecule has 42 heavy (non-hydrogen) atoms. The van der Waals surface area contributed by atoms with Crippen LogP contribution in [0.3, 0.4) is 0 Å². The molecule has 0 heterocycles. The maximum absolute atomic E-state index is 4.93. The van der Waals surface area contributed by atoms with E-state index in [2.05, 4.69) is 146 Å². The summed E-state index contributed by atoms with van der Waals surface area (Å²) in [7, 11) is 11.0. The minimum absolute atomic E-state index is 0.588. The third-order valence-electron chi connectivity index (χ3n) is 7.72. The molecule has 0 spiro atoms. The molecule has 2 radical (unpaired) electrons. The van der Waals surface area contributed by atoms with Crippen LogP contribution in [0.2, 0.25) is 13.1 Å². The van der Waals surface area contributed by atoms with Crippen molar-refractivity contribution in [1.82, 2.24) is 0 Å². The summed E-state index contributed by atoms with van der Waals surface area (Å²) >= 11 is -0.826. The summed E-state index contributed by atoms with van der Waals surface area (Å²) in [6.45, 7) is 20.1. The average molecular weight is 695 g/mol. The van der Waals surface area contributed by atoms with Crippen molar-refractivity contribution in [1.29, 1.82) is 0 Å². The van der Waals surface area contributed by atoms with Crippen LogP contribution in [0.1, 0.15) is 94.9 Å². The molecular weight excluding hydrogens is 647 g/mol. The van der Waals surface area contributed by atoms with Gasteiger partial charge in [-0.15, -0.1) is 69.1 Å². The van der Waals surface area contributed by atoms with E-state index in [0.29, 0.717) is 17.8 Å². The van der Waals surface area contributed by atoms with Gasteiger partial charge >= 0.3 is 37.9 Å². The standard InChI is InChI=1S/C20H21.C16H21.C2H6Si.2ClH.Zr/c1-4-15-12-18-6-5-7-19(20(18)13-15)17-10-8-16(9-11-17)14(2)3;1-5-12(4)15-8-6-7-13-9-14(11(2)3)10-16(13)15;1-3-2;;;/h5-14H,4H2,1-3H3;6-12H,5H2,1-4H3;1-2H3;2*1H;/q2*-1;;;;+4/p-2. The third kappa shape index (κ3) is 10.3. The van der Waals surface area contributed by atoms with Crippen LogP contribution in [0.25, 0.3) is 32.7 Å². The molecule has 5 aromatic rings. The van der Waals surface area contributed by atoms with Crippen LogP contribution in [0.5, 0.6) is 0 Å². The van der Waals surface area contributed by atoms with E-state index in [1.54, 1.807) is 0 Å². The zero-order chi connectivity index (χ0) is 31.2. The summed E-state index contributed by atoms with van der Waals surface area (Å²) in [5.41, 5.74) is 8.45. The second kappa shape index (κ2) is 19.1. The van der Waals surface area contributed by atoms with E-state index in [1.165, 1.54) is 61.3 Å². The summed E-state index contributed by atoms with van der Waals surface area (Å²) in [5.74, 6) is 1.87. The first-order valence-corrected chi connectivity index (χ1v) is 23.5. The van der Waals surface area contributed by atoms with Crippen LogP contribution < -0.4 is 0 Å². The van der Waals surface area contributed by atoms with Gasteiger partial charge < -0.3 is 0 Å². The van der Waals surface area contributed by atoms with Gasteiger partial charge in [0.15, 0.2) is 0 Å². The van der Waals surface area contributed by atoms with E-state index >= 15 is 0 Å². The fraction of sp³-hybridized carbons (Fsp3) is 0.368. The monoisotopic (exact) mass is 692 g/mol. The maximum atomic E-state index is 4.93. The zero-order valence-corrected chi connectivity index (χ0v) is 32.0.